The van der Waals surface area contributed by atoms with Crippen molar-refractivity contribution >= 4 is 45.7 Å². The van der Waals surface area contributed by atoms with Gasteiger partial charge in [0.05, 0.1) is 31.7 Å². The zero-order valence-corrected chi connectivity index (χ0v) is 22.0. The third-order valence-electron chi connectivity index (χ3n) is 7.53. The first-order valence-electron chi connectivity index (χ1n) is 11.9. The first-order chi connectivity index (χ1) is 17.5. The molecule has 3 aliphatic rings. The summed E-state index contributed by atoms with van der Waals surface area (Å²) in [5.41, 5.74) is 4.93. The summed E-state index contributed by atoms with van der Waals surface area (Å²) in [4.78, 5) is 28.8. The molecule has 1 saturated carbocycles. The summed E-state index contributed by atoms with van der Waals surface area (Å²) in [7, 11) is 3.30. The number of allylic oxidation sites excluding steroid dienone is 3. The number of carbonyl (C=O) groups is 2. The van der Waals surface area contributed by atoms with Crippen molar-refractivity contribution in [3.63, 3.8) is 0 Å². The second-order valence-electron chi connectivity index (χ2n) is 9.27. The Morgan fingerprint density at radius 3 is 1.69 bits per heavy atom. The molecule has 0 aromatic heterocycles. The van der Waals surface area contributed by atoms with Gasteiger partial charge in [-0.05, 0) is 87.3 Å². The number of hydrogen-bond acceptors (Lipinski definition) is 4. The summed E-state index contributed by atoms with van der Waals surface area (Å²) in [6.45, 7) is 0. The zero-order chi connectivity index (χ0) is 25.0. The quantitative estimate of drug-likeness (QED) is 0.217. The molecule has 2 fully saturated rings. The van der Waals surface area contributed by atoms with Crippen LogP contribution in [0.25, 0.3) is 5.57 Å². The Balaban J connectivity index is 1.48. The molecule has 36 heavy (non-hydrogen) atoms. The van der Waals surface area contributed by atoms with Crippen LogP contribution in [0.15, 0.2) is 90.5 Å². The Morgan fingerprint density at radius 1 is 0.750 bits per heavy atom. The van der Waals surface area contributed by atoms with Gasteiger partial charge in [0.25, 0.3) is 0 Å². The monoisotopic (exact) mass is 589 g/mol. The molecular weight excluding hydrogens is 565 g/mol. The summed E-state index contributed by atoms with van der Waals surface area (Å²) in [6.07, 6.45) is 4.25. The Kier molecular flexibility index (Phi) is 5.71. The summed E-state index contributed by atoms with van der Waals surface area (Å²) in [5.74, 6) is 0.336. The third kappa shape index (κ3) is 3.50. The van der Waals surface area contributed by atoms with Crippen molar-refractivity contribution in [1.82, 2.24) is 0 Å². The van der Waals surface area contributed by atoms with Crippen LogP contribution in [0.1, 0.15) is 11.1 Å². The minimum Gasteiger partial charge on any atom is -0.497 e. The molecule has 2 bridgehead atoms. The topological polar surface area (TPSA) is 55.8 Å². The lowest BCUT2D eigenvalue weighted by Gasteiger charge is -2.22. The van der Waals surface area contributed by atoms with Crippen LogP contribution in [0.5, 0.6) is 11.5 Å². The average Bonchev–Trinajstić information content (AvgIpc) is 3.54. The fraction of sp³-hybridized carbons (Fsp3) is 0.200. The van der Waals surface area contributed by atoms with E-state index in [1.165, 1.54) is 4.90 Å². The lowest BCUT2D eigenvalue weighted by atomic mass is 9.85. The van der Waals surface area contributed by atoms with Crippen LogP contribution in [0, 0.1) is 27.2 Å². The first-order valence-corrected chi connectivity index (χ1v) is 12.9. The normalized spacial score (nSPS) is 23.9. The minimum atomic E-state index is -0.383. The van der Waals surface area contributed by atoms with E-state index in [0.717, 1.165) is 37.3 Å². The smallest absolute Gasteiger partial charge is 0.238 e. The molecule has 6 rings (SSSR count). The van der Waals surface area contributed by atoms with Crippen molar-refractivity contribution in [3.05, 3.63) is 105 Å². The average molecular weight is 589 g/mol. The number of hydrogen-bond donors (Lipinski definition) is 0. The van der Waals surface area contributed by atoms with E-state index in [1.807, 2.05) is 72.8 Å². The number of anilines is 1. The lowest BCUT2D eigenvalue weighted by molar-refractivity contribution is -0.122. The number of methoxy groups -OCH3 is 2. The molecular formula is C30H24INO4. The van der Waals surface area contributed by atoms with E-state index < -0.39 is 0 Å². The maximum Gasteiger partial charge on any atom is 0.238 e. The second kappa shape index (κ2) is 8.92. The number of benzene rings is 3. The molecule has 2 amide bonds. The number of carbonyl (C=O) groups excluding carboxylic acids is 2. The minimum absolute atomic E-state index is 0.106. The highest BCUT2D eigenvalue weighted by Crippen LogP contribution is 2.59. The van der Waals surface area contributed by atoms with E-state index >= 15 is 0 Å². The van der Waals surface area contributed by atoms with Crippen molar-refractivity contribution in [2.24, 2.45) is 23.7 Å². The molecule has 3 aromatic rings. The molecule has 0 radical (unpaired) electrons. The number of amides is 2. The standard InChI is InChI=1S/C30H24INO4/c1-35-21-10-6-17(7-11-21)25(18-8-12-22(36-2)13-9-18)26-23-14-15-24(26)28-27(23)29(33)32(30(28)34)20-5-3-4-19(31)16-20/h3-16,23-24,27-28H,1-2H3/t23-,24-,27-,28+/m1/s1. The molecule has 6 heteroatoms. The van der Waals surface area contributed by atoms with Crippen molar-refractivity contribution in [2.75, 3.05) is 19.1 Å². The summed E-state index contributed by atoms with van der Waals surface area (Å²) in [5, 5.41) is 0. The van der Waals surface area contributed by atoms with Gasteiger partial charge in [-0.25, -0.2) is 4.90 Å². The molecule has 180 valence electrons. The van der Waals surface area contributed by atoms with Crippen molar-refractivity contribution in [3.8, 4) is 11.5 Å². The van der Waals surface area contributed by atoms with Crippen molar-refractivity contribution in [2.45, 2.75) is 0 Å². The Hall–Kier alpha value is -3.39. The zero-order valence-electron chi connectivity index (χ0n) is 19.9. The van der Waals surface area contributed by atoms with Crippen molar-refractivity contribution in [1.29, 1.82) is 0 Å². The van der Waals surface area contributed by atoms with Gasteiger partial charge in [0.1, 0.15) is 11.5 Å². The molecule has 4 atom stereocenters. The van der Waals surface area contributed by atoms with Gasteiger partial charge in [0.2, 0.25) is 11.8 Å². The number of fused-ring (bicyclic) bond motifs is 5. The summed E-state index contributed by atoms with van der Waals surface area (Å²) >= 11 is 2.21. The molecule has 1 saturated heterocycles. The molecule has 2 aliphatic carbocycles. The molecule has 1 aliphatic heterocycles. The van der Waals surface area contributed by atoms with Gasteiger partial charge in [-0.2, -0.15) is 0 Å². The predicted molar refractivity (Wildman–Crippen MR) is 147 cm³/mol. The summed E-state index contributed by atoms with van der Waals surface area (Å²) < 4.78 is 11.7. The van der Waals surface area contributed by atoms with E-state index in [1.54, 1.807) is 14.2 Å². The highest BCUT2D eigenvalue weighted by molar-refractivity contribution is 14.1. The van der Waals surface area contributed by atoms with Crippen LogP contribution in [-0.2, 0) is 9.59 Å². The van der Waals surface area contributed by atoms with Crippen LogP contribution < -0.4 is 14.4 Å². The Morgan fingerprint density at radius 2 is 1.25 bits per heavy atom. The maximum absolute atomic E-state index is 13.7. The summed E-state index contributed by atoms with van der Waals surface area (Å²) in [6, 6.07) is 23.5. The number of ether oxygens (including phenoxy) is 2. The van der Waals surface area contributed by atoms with Gasteiger partial charge < -0.3 is 9.47 Å². The fourth-order valence-electron chi connectivity index (χ4n) is 5.98. The number of rotatable bonds is 5. The molecule has 3 aromatic carbocycles. The lowest BCUT2D eigenvalue weighted by Crippen LogP contribution is -2.33. The Bertz CT molecular complexity index is 1340. The van der Waals surface area contributed by atoms with Crippen molar-refractivity contribution < 1.29 is 19.1 Å². The number of imide groups is 1. The molecule has 5 nitrogen and oxygen atoms in total. The number of halogens is 1. The first kappa shape index (κ1) is 23.0. The maximum atomic E-state index is 13.7. The largest absolute Gasteiger partial charge is 0.497 e. The third-order valence-corrected chi connectivity index (χ3v) is 8.20. The van der Waals surface area contributed by atoms with Crippen LogP contribution in [0.4, 0.5) is 5.69 Å². The van der Waals surface area contributed by atoms with Crippen LogP contribution in [-0.4, -0.2) is 26.0 Å². The van der Waals surface area contributed by atoms with Crippen LogP contribution in [0.2, 0.25) is 0 Å². The van der Waals surface area contributed by atoms with Gasteiger partial charge in [-0.15, -0.1) is 0 Å². The van der Waals surface area contributed by atoms with Crippen LogP contribution in [0.3, 0.4) is 0 Å². The van der Waals surface area contributed by atoms with Gasteiger partial charge in [0, 0.05) is 15.4 Å². The van der Waals surface area contributed by atoms with Gasteiger partial charge in [-0.3, -0.25) is 9.59 Å². The molecule has 1 heterocycles. The van der Waals surface area contributed by atoms with E-state index in [-0.39, 0.29) is 35.5 Å². The highest BCUT2D eigenvalue weighted by atomic mass is 127. The second-order valence-corrected chi connectivity index (χ2v) is 10.5. The van der Waals surface area contributed by atoms with E-state index in [4.69, 9.17) is 9.47 Å². The molecule has 0 spiro atoms. The SMILES string of the molecule is COc1ccc(C(=C2[C@H]3C=C[C@H]2[C@H]2C(=O)N(c4cccc(I)c4)C(=O)[C@H]23)c2ccc(OC)cc2)cc1. The van der Waals surface area contributed by atoms with Gasteiger partial charge in [0.15, 0.2) is 0 Å². The molecule has 0 unspecified atom stereocenters. The predicted octanol–water partition coefficient (Wildman–Crippen LogP) is 5.73. The fourth-order valence-corrected chi connectivity index (χ4v) is 6.51. The molecule has 0 N–H and O–H groups in total. The van der Waals surface area contributed by atoms with E-state index in [9.17, 15) is 9.59 Å². The Labute approximate surface area is 223 Å². The van der Waals surface area contributed by atoms with Crippen LogP contribution >= 0.6 is 22.6 Å². The van der Waals surface area contributed by atoms with E-state index in [0.29, 0.717) is 5.69 Å². The van der Waals surface area contributed by atoms with Gasteiger partial charge in [-0.1, -0.05) is 42.5 Å². The number of nitrogens with zero attached hydrogens (tertiary/aromatic N) is 1. The van der Waals surface area contributed by atoms with Gasteiger partial charge >= 0.3 is 0 Å². The highest BCUT2D eigenvalue weighted by Gasteiger charge is 2.62. The van der Waals surface area contributed by atoms with E-state index in [2.05, 4.69) is 34.7 Å².